The van der Waals surface area contributed by atoms with Gasteiger partial charge in [0.2, 0.25) is 0 Å². The standard InChI is InChI=1S/C13H14ClN5O2/c1-19-8-10(14)11(18-19)13(21)17-6-5-16-12(20)9-3-2-4-15-7-9/h2-4,7-8H,5-6H2,1H3,(H,16,20)(H,17,21). The van der Waals surface area contributed by atoms with Gasteiger partial charge >= 0.3 is 0 Å². The van der Waals surface area contributed by atoms with E-state index in [4.69, 9.17) is 11.6 Å². The molecule has 0 spiro atoms. The lowest BCUT2D eigenvalue weighted by Crippen LogP contribution is -2.35. The SMILES string of the molecule is Cn1cc(Cl)c(C(=O)NCCNC(=O)c2cccnc2)n1. The van der Waals surface area contributed by atoms with Crippen molar-refractivity contribution in [3.05, 3.63) is 47.0 Å². The molecule has 2 aromatic rings. The van der Waals surface area contributed by atoms with E-state index in [9.17, 15) is 9.59 Å². The molecule has 0 saturated carbocycles. The number of amides is 2. The Morgan fingerprint density at radius 3 is 2.57 bits per heavy atom. The Balaban J connectivity index is 1.76. The molecule has 0 atom stereocenters. The van der Waals surface area contributed by atoms with Gasteiger partial charge in [-0.3, -0.25) is 19.3 Å². The second kappa shape index (κ2) is 6.85. The van der Waals surface area contributed by atoms with E-state index in [1.807, 2.05) is 0 Å². The molecule has 0 fully saturated rings. The largest absolute Gasteiger partial charge is 0.350 e. The van der Waals surface area contributed by atoms with Crippen LogP contribution in [0.4, 0.5) is 0 Å². The molecule has 0 aliphatic rings. The van der Waals surface area contributed by atoms with Crippen molar-refractivity contribution < 1.29 is 9.59 Å². The third kappa shape index (κ3) is 4.03. The Morgan fingerprint density at radius 2 is 2.00 bits per heavy atom. The van der Waals surface area contributed by atoms with Gasteiger partial charge in [0, 0.05) is 38.7 Å². The molecule has 0 radical (unpaired) electrons. The molecule has 0 aliphatic heterocycles. The van der Waals surface area contributed by atoms with E-state index < -0.39 is 0 Å². The first-order valence-corrected chi connectivity index (χ1v) is 6.61. The Bertz CT molecular complexity index is 641. The summed E-state index contributed by atoms with van der Waals surface area (Å²) < 4.78 is 1.46. The Labute approximate surface area is 126 Å². The summed E-state index contributed by atoms with van der Waals surface area (Å²) in [6, 6.07) is 3.34. The highest BCUT2D eigenvalue weighted by molar-refractivity contribution is 6.33. The van der Waals surface area contributed by atoms with Crippen LogP contribution in [0.2, 0.25) is 5.02 Å². The predicted octanol–water partition coefficient (Wildman–Crippen LogP) is 0.628. The zero-order valence-corrected chi connectivity index (χ0v) is 12.1. The van der Waals surface area contributed by atoms with Gasteiger partial charge in [-0.1, -0.05) is 11.6 Å². The summed E-state index contributed by atoms with van der Waals surface area (Å²) in [4.78, 5) is 27.4. The fourth-order valence-corrected chi connectivity index (χ4v) is 1.91. The van der Waals surface area contributed by atoms with Crippen molar-refractivity contribution in [3.63, 3.8) is 0 Å². The first kappa shape index (κ1) is 15.0. The second-order valence-electron chi connectivity index (χ2n) is 4.25. The average molecular weight is 308 g/mol. The molecule has 2 N–H and O–H groups in total. The maximum Gasteiger partial charge on any atom is 0.273 e. The van der Waals surface area contributed by atoms with Gasteiger partial charge in [0.1, 0.15) is 0 Å². The Kier molecular flexibility index (Phi) is 4.89. The number of aryl methyl sites for hydroxylation is 1. The van der Waals surface area contributed by atoms with E-state index in [-0.39, 0.29) is 29.1 Å². The van der Waals surface area contributed by atoms with Crippen molar-refractivity contribution in [3.8, 4) is 0 Å². The summed E-state index contributed by atoms with van der Waals surface area (Å²) in [6.07, 6.45) is 4.61. The third-order valence-electron chi connectivity index (χ3n) is 2.62. The van der Waals surface area contributed by atoms with Crippen LogP contribution in [0.3, 0.4) is 0 Å². The van der Waals surface area contributed by atoms with Crippen molar-refractivity contribution in [2.75, 3.05) is 13.1 Å². The quantitative estimate of drug-likeness (QED) is 0.793. The summed E-state index contributed by atoms with van der Waals surface area (Å²) >= 11 is 5.86. The minimum absolute atomic E-state index is 0.165. The van der Waals surface area contributed by atoms with Gasteiger partial charge in [0.15, 0.2) is 5.69 Å². The van der Waals surface area contributed by atoms with Crippen LogP contribution in [-0.2, 0) is 7.05 Å². The summed E-state index contributed by atoms with van der Waals surface area (Å²) in [5.41, 5.74) is 0.634. The van der Waals surface area contributed by atoms with E-state index in [1.54, 1.807) is 31.6 Å². The highest BCUT2D eigenvalue weighted by atomic mass is 35.5. The van der Waals surface area contributed by atoms with E-state index in [2.05, 4.69) is 20.7 Å². The first-order valence-electron chi connectivity index (χ1n) is 6.23. The number of carbonyl (C=O) groups is 2. The molecule has 2 rings (SSSR count). The summed E-state index contributed by atoms with van der Waals surface area (Å²) in [6.45, 7) is 0.571. The second-order valence-corrected chi connectivity index (χ2v) is 4.66. The lowest BCUT2D eigenvalue weighted by molar-refractivity contribution is 0.0924. The number of hydrogen-bond donors (Lipinski definition) is 2. The highest BCUT2D eigenvalue weighted by Crippen LogP contribution is 2.12. The van der Waals surface area contributed by atoms with E-state index in [0.29, 0.717) is 12.1 Å². The Hall–Kier alpha value is -2.41. The van der Waals surface area contributed by atoms with Crippen molar-refractivity contribution in [1.29, 1.82) is 0 Å². The number of rotatable bonds is 5. The maximum atomic E-state index is 11.8. The lowest BCUT2D eigenvalue weighted by atomic mass is 10.3. The molecule has 21 heavy (non-hydrogen) atoms. The van der Waals surface area contributed by atoms with Gasteiger partial charge in [-0.05, 0) is 12.1 Å². The van der Waals surface area contributed by atoms with Gasteiger partial charge in [0.05, 0.1) is 10.6 Å². The normalized spacial score (nSPS) is 10.2. The zero-order valence-electron chi connectivity index (χ0n) is 11.3. The number of nitrogens with one attached hydrogen (secondary N) is 2. The highest BCUT2D eigenvalue weighted by Gasteiger charge is 2.14. The van der Waals surface area contributed by atoms with Crippen molar-refractivity contribution in [2.45, 2.75) is 0 Å². The minimum atomic E-state index is -0.378. The van der Waals surface area contributed by atoms with Crippen LogP contribution in [0.5, 0.6) is 0 Å². The first-order chi connectivity index (χ1) is 10.1. The molecule has 0 aromatic carbocycles. The van der Waals surface area contributed by atoms with Crippen LogP contribution in [0.15, 0.2) is 30.7 Å². The van der Waals surface area contributed by atoms with E-state index >= 15 is 0 Å². The summed E-state index contributed by atoms with van der Waals surface area (Å²) in [5.74, 6) is -0.621. The topological polar surface area (TPSA) is 88.9 Å². The number of pyridine rings is 1. The molecule has 0 saturated heterocycles. The van der Waals surface area contributed by atoms with Crippen LogP contribution in [-0.4, -0.2) is 39.7 Å². The maximum absolute atomic E-state index is 11.8. The molecule has 0 aliphatic carbocycles. The summed E-state index contributed by atoms with van der Waals surface area (Å²) in [7, 11) is 1.68. The molecule has 7 nitrogen and oxygen atoms in total. The third-order valence-corrected chi connectivity index (χ3v) is 2.90. The number of halogens is 1. The number of hydrogen-bond acceptors (Lipinski definition) is 4. The lowest BCUT2D eigenvalue weighted by Gasteiger charge is -2.06. The van der Waals surface area contributed by atoms with Crippen molar-refractivity contribution in [2.24, 2.45) is 7.05 Å². The monoisotopic (exact) mass is 307 g/mol. The number of nitrogens with zero attached hydrogens (tertiary/aromatic N) is 3. The van der Waals surface area contributed by atoms with Crippen LogP contribution in [0, 0.1) is 0 Å². The molecule has 2 aromatic heterocycles. The molecule has 2 amide bonds. The van der Waals surface area contributed by atoms with Crippen molar-refractivity contribution in [1.82, 2.24) is 25.4 Å². The fraction of sp³-hybridized carbons (Fsp3) is 0.231. The van der Waals surface area contributed by atoms with E-state index in [0.717, 1.165) is 0 Å². The molecule has 0 unspecified atom stereocenters. The number of carbonyl (C=O) groups excluding carboxylic acids is 2. The van der Waals surface area contributed by atoms with Gasteiger partial charge in [-0.2, -0.15) is 5.10 Å². The molecule has 110 valence electrons. The van der Waals surface area contributed by atoms with Crippen LogP contribution >= 0.6 is 11.6 Å². The van der Waals surface area contributed by atoms with Crippen LogP contribution in [0.1, 0.15) is 20.8 Å². The van der Waals surface area contributed by atoms with Gasteiger partial charge in [-0.25, -0.2) is 0 Å². The molecule has 8 heteroatoms. The van der Waals surface area contributed by atoms with Crippen LogP contribution in [0.25, 0.3) is 0 Å². The molecular formula is C13H14ClN5O2. The van der Waals surface area contributed by atoms with Gasteiger partial charge in [-0.15, -0.1) is 0 Å². The minimum Gasteiger partial charge on any atom is -0.350 e. The zero-order chi connectivity index (χ0) is 15.2. The Morgan fingerprint density at radius 1 is 1.29 bits per heavy atom. The molecular weight excluding hydrogens is 294 g/mol. The fourth-order valence-electron chi connectivity index (χ4n) is 1.65. The average Bonchev–Trinajstić information content (AvgIpc) is 2.83. The van der Waals surface area contributed by atoms with Gasteiger partial charge in [0.25, 0.3) is 11.8 Å². The molecule has 2 heterocycles. The smallest absolute Gasteiger partial charge is 0.273 e. The predicted molar refractivity (Wildman–Crippen MR) is 77.1 cm³/mol. The van der Waals surface area contributed by atoms with Crippen LogP contribution < -0.4 is 10.6 Å². The summed E-state index contributed by atoms with van der Waals surface area (Å²) in [5, 5.41) is 9.54. The number of aromatic nitrogens is 3. The van der Waals surface area contributed by atoms with E-state index in [1.165, 1.54) is 10.9 Å². The van der Waals surface area contributed by atoms with Crippen molar-refractivity contribution >= 4 is 23.4 Å². The molecule has 0 bridgehead atoms. The van der Waals surface area contributed by atoms with Gasteiger partial charge < -0.3 is 10.6 Å².